The van der Waals surface area contributed by atoms with Crippen molar-refractivity contribution in [3.8, 4) is 0 Å². The van der Waals surface area contributed by atoms with E-state index in [0.717, 1.165) is 31.2 Å². The average Bonchev–Trinajstić information content (AvgIpc) is 3.01. The molecule has 7 nitrogen and oxygen atoms in total. The summed E-state index contributed by atoms with van der Waals surface area (Å²) in [7, 11) is -2.16. The van der Waals surface area contributed by atoms with Crippen molar-refractivity contribution in [2.75, 3.05) is 20.2 Å². The van der Waals surface area contributed by atoms with Gasteiger partial charge in [0.15, 0.2) is 0 Å². The Hall–Kier alpha value is -1.93. The van der Waals surface area contributed by atoms with Crippen molar-refractivity contribution < 1.29 is 22.7 Å². The molecule has 1 N–H and O–H groups in total. The lowest BCUT2D eigenvalue weighted by Gasteiger charge is -2.20. The van der Waals surface area contributed by atoms with Crippen LogP contribution in [0.2, 0.25) is 0 Å². The number of carbonyl (C=O) groups is 2. The Morgan fingerprint density at radius 3 is 2.20 bits per heavy atom. The molecule has 1 amide bonds. The van der Waals surface area contributed by atoms with E-state index in [1.807, 2.05) is 13.8 Å². The third-order valence-corrected chi connectivity index (χ3v) is 7.21. The molecule has 1 aromatic rings. The van der Waals surface area contributed by atoms with E-state index >= 15 is 0 Å². The molecule has 1 fully saturated rings. The number of hydrogen-bond acceptors (Lipinski definition) is 5. The van der Waals surface area contributed by atoms with Crippen molar-refractivity contribution in [2.24, 2.45) is 5.92 Å². The summed E-state index contributed by atoms with van der Waals surface area (Å²) in [6.07, 6.45) is 5.13. The van der Waals surface area contributed by atoms with Crippen LogP contribution < -0.4 is 5.32 Å². The SMILES string of the molecule is COC(=O)[C@@H](CC(C)C)NC(=O)CCc1ccc(S(=O)(=O)N2CCCCCC2)cc1. The van der Waals surface area contributed by atoms with E-state index in [4.69, 9.17) is 4.74 Å². The lowest BCUT2D eigenvalue weighted by atomic mass is 10.0. The summed E-state index contributed by atoms with van der Waals surface area (Å²) in [5, 5.41) is 2.74. The normalized spacial score (nSPS) is 16.7. The Morgan fingerprint density at radius 2 is 1.67 bits per heavy atom. The number of aryl methyl sites for hydroxylation is 1. The molecule has 1 saturated heterocycles. The summed E-state index contributed by atoms with van der Waals surface area (Å²) in [5.41, 5.74) is 0.874. The first-order chi connectivity index (χ1) is 14.2. The predicted molar refractivity (Wildman–Crippen MR) is 115 cm³/mol. The number of benzene rings is 1. The number of methoxy groups -OCH3 is 1. The van der Waals surface area contributed by atoms with Gasteiger partial charge in [-0.2, -0.15) is 4.31 Å². The van der Waals surface area contributed by atoms with E-state index in [1.165, 1.54) is 7.11 Å². The fourth-order valence-corrected chi connectivity index (χ4v) is 5.13. The number of carbonyl (C=O) groups excluding carboxylic acids is 2. The van der Waals surface area contributed by atoms with Crippen molar-refractivity contribution in [3.05, 3.63) is 29.8 Å². The molecule has 1 aromatic carbocycles. The maximum atomic E-state index is 12.8. The molecule has 30 heavy (non-hydrogen) atoms. The second-order valence-electron chi connectivity index (χ2n) is 8.24. The quantitative estimate of drug-likeness (QED) is 0.599. The molecule has 2 rings (SSSR count). The molecule has 168 valence electrons. The minimum Gasteiger partial charge on any atom is -0.467 e. The zero-order valence-corrected chi connectivity index (χ0v) is 19.0. The maximum absolute atomic E-state index is 12.8. The van der Waals surface area contributed by atoms with E-state index in [-0.39, 0.29) is 18.2 Å². The summed E-state index contributed by atoms with van der Waals surface area (Å²) >= 11 is 0. The Balaban J connectivity index is 1.93. The third-order valence-electron chi connectivity index (χ3n) is 5.29. The summed E-state index contributed by atoms with van der Waals surface area (Å²) in [6, 6.07) is 6.09. The molecular weight excluding hydrogens is 404 g/mol. The highest BCUT2D eigenvalue weighted by Gasteiger charge is 2.25. The van der Waals surface area contributed by atoms with Gasteiger partial charge in [0.05, 0.1) is 12.0 Å². The topological polar surface area (TPSA) is 92.8 Å². The number of sulfonamides is 1. The molecule has 0 spiro atoms. The van der Waals surface area contributed by atoms with E-state index in [0.29, 0.717) is 30.8 Å². The van der Waals surface area contributed by atoms with Crippen LogP contribution in [0.4, 0.5) is 0 Å². The minimum atomic E-state index is -3.47. The average molecular weight is 439 g/mol. The number of amides is 1. The van der Waals surface area contributed by atoms with Crippen molar-refractivity contribution in [3.63, 3.8) is 0 Å². The predicted octanol–water partition coefficient (Wildman–Crippen LogP) is 2.89. The zero-order chi connectivity index (χ0) is 22.1. The minimum absolute atomic E-state index is 0.212. The van der Waals surface area contributed by atoms with E-state index < -0.39 is 22.0 Å². The standard InChI is InChI=1S/C22H34N2O5S/c1-17(2)16-20(22(26)29-3)23-21(25)13-10-18-8-11-19(12-9-18)30(27,28)24-14-6-4-5-7-15-24/h8-9,11-12,17,20H,4-7,10,13-16H2,1-3H3,(H,23,25)/t20-/m1/s1. The molecule has 1 atom stereocenters. The molecule has 0 aliphatic carbocycles. The first-order valence-electron chi connectivity index (χ1n) is 10.7. The molecule has 8 heteroatoms. The van der Waals surface area contributed by atoms with Crippen molar-refractivity contribution in [2.45, 2.75) is 69.7 Å². The van der Waals surface area contributed by atoms with Crippen LogP contribution in [-0.2, 0) is 30.8 Å². The number of esters is 1. The monoisotopic (exact) mass is 438 g/mol. The highest BCUT2D eigenvalue weighted by atomic mass is 32.2. The second kappa shape index (κ2) is 11.5. The molecule has 1 heterocycles. The van der Waals surface area contributed by atoms with Crippen molar-refractivity contribution in [1.29, 1.82) is 0 Å². The largest absolute Gasteiger partial charge is 0.467 e. The first-order valence-corrected chi connectivity index (χ1v) is 12.1. The molecule has 0 unspecified atom stereocenters. The van der Waals surface area contributed by atoms with Crippen molar-refractivity contribution >= 4 is 21.9 Å². The Labute approximate surface area is 180 Å². The van der Waals surface area contributed by atoms with Crippen LogP contribution in [0.25, 0.3) is 0 Å². The number of rotatable bonds is 9. The Morgan fingerprint density at radius 1 is 1.07 bits per heavy atom. The molecule has 0 bridgehead atoms. The summed E-state index contributed by atoms with van der Waals surface area (Å²) in [5.74, 6) is -0.430. The van der Waals surface area contributed by atoms with Gasteiger partial charge >= 0.3 is 5.97 Å². The highest BCUT2D eigenvalue weighted by molar-refractivity contribution is 7.89. The maximum Gasteiger partial charge on any atom is 0.328 e. The molecule has 0 aromatic heterocycles. The van der Waals surface area contributed by atoms with E-state index in [1.54, 1.807) is 28.6 Å². The van der Waals surface area contributed by atoms with Crippen LogP contribution in [0.1, 0.15) is 57.9 Å². The summed E-state index contributed by atoms with van der Waals surface area (Å²) in [4.78, 5) is 24.4. The van der Waals surface area contributed by atoms with Crippen LogP contribution in [0.3, 0.4) is 0 Å². The van der Waals surface area contributed by atoms with Crippen LogP contribution in [-0.4, -0.2) is 50.8 Å². The van der Waals surface area contributed by atoms with Gasteiger partial charge in [-0.1, -0.05) is 38.8 Å². The van der Waals surface area contributed by atoms with Crippen LogP contribution in [0.15, 0.2) is 29.2 Å². The van der Waals surface area contributed by atoms with Crippen molar-refractivity contribution in [1.82, 2.24) is 9.62 Å². The van der Waals surface area contributed by atoms with Gasteiger partial charge in [0, 0.05) is 19.5 Å². The Bertz CT molecular complexity index is 797. The van der Waals surface area contributed by atoms with Gasteiger partial charge < -0.3 is 10.1 Å². The summed E-state index contributed by atoms with van der Waals surface area (Å²) < 4.78 is 32.0. The highest BCUT2D eigenvalue weighted by Crippen LogP contribution is 2.21. The fraction of sp³-hybridized carbons (Fsp3) is 0.636. The van der Waals surface area contributed by atoms with Crippen LogP contribution in [0, 0.1) is 5.92 Å². The molecular formula is C22H34N2O5S. The van der Waals surface area contributed by atoms with Gasteiger partial charge in [0.25, 0.3) is 0 Å². The lowest BCUT2D eigenvalue weighted by molar-refractivity contribution is -0.145. The van der Waals surface area contributed by atoms with Gasteiger partial charge in [-0.15, -0.1) is 0 Å². The van der Waals surface area contributed by atoms with E-state index in [2.05, 4.69) is 5.32 Å². The van der Waals surface area contributed by atoms with Gasteiger partial charge in [0.1, 0.15) is 6.04 Å². The number of hydrogen-bond donors (Lipinski definition) is 1. The lowest BCUT2D eigenvalue weighted by Crippen LogP contribution is -2.42. The third kappa shape index (κ3) is 7.09. The number of nitrogens with zero attached hydrogens (tertiary/aromatic N) is 1. The fourth-order valence-electron chi connectivity index (χ4n) is 3.61. The van der Waals surface area contributed by atoms with Crippen LogP contribution in [0.5, 0.6) is 0 Å². The van der Waals surface area contributed by atoms with Gasteiger partial charge in [-0.05, 0) is 49.3 Å². The summed E-state index contributed by atoms with van der Waals surface area (Å²) in [6.45, 7) is 5.09. The molecule has 1 aliphatic heterocycles. The van der Waals surface area contributed by atoms with Gasteiger partial charge in [-0.3, -0.25) is 4.79 Å². The smallest absolute Gasteiger partial charge is 0.328 e. The second-order valence-corrected chi connectivity index (χ2v) is 10.2. The molecule has 1 aliphatic rings. The van der Waals surface area contributed by atoms with Gasteiger partial charge in [0.2, 0.25) is 15.9 Å². The van der Waals surface area contributed by atoms with Crippen LogP contribution >= 0.6 is 0 Å². The Kier molecular flexibility index (Phi) is 9.30. The van der Waals surface area contributed by atoms with Gasteiger partial charge in [-0.25, -0.2) is 13.2 Å². The number of ether oxygens (including phenoxy) is 1. The first kappa shape index (κ1) is 24.3. The molecule has 0 radical (unpaired) electrons. The zero-order valence-electron chi connectivity index (χ0n) is 18.2. The molecule has 0 saturated carbocycles. The van der Waals surface area contributed by atoms with E-state index in [9.17, 15) is 18.0 Å². The number of nitrogens with one attached hydrogen (secondary N) is 1.